The number of carbonyl (C=O) groups is 1. The minimum absolute atomic E-state index is 0.0210. The number of hydrogen-bond donors (Lipinski definition) is 1. The van der Waals surface area contributed by atoms with Crippen LogP contribution in [0.4, 0.5) is 18.0 Å². The number of benzene rings is 1. The summed E-state index contributed by atoms with van der Waals surface area (Å²) in [5.74, 6) is 0.851. The fraction of sp³-hybridized carbons (Fsp3) is 0.467. The lowest BCUT2D eigenvalue weighted by Gasteiger charge is -2.30. The lowest BCUT2D eigenvalue weighted by molar-refractivity contribution is -0.184. The molecule has 0 spiro atoms. The van der Waals surface area contributed by atoms with E-state index >= 15 is 0 Å². The lowest BCUT2D eigenvalue weighted by Crippen LogP contribution is -2.42. The number of hydrogen-bond acceptors (Lipinski definition) is 8. The predicted molar refractivity (Wildman–Crippen MR) is 154 cm³/mol. The molecule has 1 aromatic carbocycles. The fourth-order valence-electron chi connectivity index (χ4n) is 5.10. The number of pyridine rings is 2. The Morgan fingerprint density at radius 1 is 1.12 bits per heavy atom. The van der Waals surface area contributed by atoms with E-state index in [1.807, 2.05) is 25.1 Å². The van der Waals surface area contributed by atoms with Gasteiger partial charge in [0.2, 0.25) is 0 Å². The van der Waals surface area contributed by atoms with Crippen LogP contribution >= 0.6 is 0 Å². The number of aromatic nitrogens is 4. The third-order valence-electron chi connectivity index (χ3n) is 7.14. The second-order valence-electron chi connectivity index (χ2n) is 11.7. The number of amides is 1. The van der Waals surface area contributed by atoms with Crippen molar-refractivity contribution in [3.8, 4) is 17.3 Å². The van der Waals surface area contributed by atoms with Crippen molar-refractivity contribution in [2.75, 3.05) is 26.8 Å². The van der Waals surface area contributed by atoms with Gasteiger partial charge in [-0.2, -0.15) is 13.2 Å². The maximum Gasteiger partial charge on any atom is 0.408 e. The van der Waals surface area contributed by atoms with E-state index in [-0.39, 0.29) is 24.8 Å². The number of para-hydroxylation sites is 1. The maximum absolute atomic E-state index is 14.6. The van der Waals surface area contributed by atoms with E-state index in [2.05, 4.69) is 15.5 Å². The molecular weight excluding hydrogens is 565 g/mol. The van der Waals surface area contributed by atoms with Gasteiger partial charge in [0, 0.05) is 37.8 Å². The summed E-state index contributed by atoms with van der Waals surface area (Å²) < 4.78 is 61.7. The van der Waals surface area contributed by atoms with Crippen LogP contribution in [0.5, 0.6) is 5.75 Å². The number of methoxy groups -OCH3 is 1. The highest BCUT2D eigenvalue weighted by molar-refractivity contribution is 5.86. The number of alkyl carbamates (subject to hydrolysis) is 1. The van der Waals surface area contributed by atoms with E-state index in [1.165, 1.54) is 27.6 Å². The van der Waals surface area contributed by atoms with Gasteiger partial charge in [0.15, 0.2) is 11.5 Å². The van der Waals surface area contributed by atoms with Crippen LogP contribution in [0.1, 0.15) is 45.7 Å². The number of halogens is 3. The normalized spacial score (nSPS) is 17.7. The summed E-state index contributed by atoms with van der Waals surface area (Å²) in [5.41, 5.74) is 0.715. The van der Waals surface area contributed by atoms with Gasteiger partial charge < -0.3 is 19.5 Å². The molecule has 43 heavy (non-hydrogen) atoms. The third-order valence-corrected chi connectivity index (χ3v) is 7.14. The molecule has 0 unspecified atom stereocenters. The zero-order valence-corrected chi connectivity index (χ0v) is 24.7. The first kappa shape index (κ1) is 30.5. The standard InChI is InChI=1S/C30H35F3N6O4/c1-18(41-5)17-42-23-8-6-7-19-9-11-22(35-25(19)23)27-37-36-24-12-10-20(15-39(24)27)26(30(31,32)33)38-14-13-21(16-38)34-28(40)43-29(2,3)4/h6-12,15,18,21,26H,13-14,16-17H2,1-5H3,(H,34,40)/t18-,21+,26-/m1/s1. The molecule has 1 aliphatic rings. The van der Waals surface area contributed by atoms with Crippen LogP contribution in [0.2, 0.25) is 0 Å². The zero-order chi connectivity index (χ0) is 30.9. The molecule has 0 aliphatic carbocycles. The highest BCUT2D eigenvalue weighted by Crippen LogP contribution is 2.40. The monoisotopic (exact) mass is 600 g/mol. The summed E-state index contributed by atoms with van der Waals surface area (Å²) in [7, 11) is 1.60. The maximum atomic E-state index is 14.6. The number of carbonyl (C=O) groups excluding carboxylic acids is 1. The topological polar surface area (TPSA) is 103 Å². The van der Waals surface area contributed by atoms with Gasteiger partial charge in [-0.3, -0.25) is 9.30 Å². The van der Waals surface area contributed by atoms with E-state index in [1.54, 1.807) is 40.0 Å². The van der Waals surface area contributed by atoms with Crippen LogP contribution in [-0.4, -0.2) is 81.3 Å². The molecule has 5 rings (SSSR count). The van der Waals surface area contributed by atoms with Crippen molar-refractivity contribution in [2.45, 2.75) is 64.1 Å². The first-order valence-electron chi connectivity index (χ1n) is 14.0. The molecule has 4 heterocycles. The number of rotatable bonds is 8. The van der Waals surface area contributed by atoms with Crippen molar-refractivity contribution in [1.82, 2.24) is 29.8 Å². The van der Waals surface area contributed by atoms with Gasteiger partial charge in [0.25, 0.3) is 0 Å². The largest absolute Gasteiger partial charge is 0.489 e. The summed E-state index contributed by atoms with van der Waals surface area (Å²) in [6.45, 7) is 7.56. The van der Waals surface area contributed by atoms with Gasteiger partial charge in [-0.1, -0.05) is 24.3 Å². The molecule has 1 N–H and O–H groups in total. The molecule has 1 aliphatic heterocycles. The molecule has 0 saturated carbocycles. The number of nitrogens with zero attached hydrogens (tertiary/aromatic N) is 5. The van der Waals surface area contributed by atoms with E-state index in [0.29, 0.717) is 41.5 Å². The van der Waals surface area contributed by atoms with Gasteiger partial charge >= 0.3 is 12.3 Å². The third kappa shape index (κ3) is 6.99. The van der Waals surface area contributed by atoms with Crippen LogP contribution in [0, 0.1) is 0 Å². The van der Waals surface area contributed by atoms with Gasteiger partial charge in [-0.15, -0.1) is 10.2 Å². The van der Waals surface area contributed by atoms with Crippen molar-refractivity contribution in [2.24, 2.45) is 0 Å². The Kier molecular flexibility index (Phi) is 8.48. The Bertz CT molecular complexity index is 1600. The summed E-state index contributed by atoms with van der Waals surface area (Å²) >= 11 is 0. The zero-order valence-electron chi connectivity index (χ0n) is 24.7. The van der Waals surface area contributed by atoms with Crippen molar-refractivity contribution in [3.05, 3.63) is 54.2 Å². The number of likely N-dealkylation sites (tertiary alicyclic amines) is 1. The average Bonchev–Trinajstić information content (AvgIpc) is 3.56. The van der Waals surface area contributed by atoms with Gasteiger partial charge in [-0.25, -0.2) is 9.78 Å². The number of alkyl halides is 3. The Hall–Kier alpha value is -3.97. The Labute approximate surface area is 247 Å². The van der Waals surface area contributed by atoms with Crippen LogP contribution in [0.15, 0.2) is 48.7 Å². The summed E-state index contributed by atoms with van der Waals surface area (Å²) in [5, 5.41) is 12.0. The highest BCUT2D eigenvalue weighted by atomic mass is 19.4. The molecule has 1 amide bonds. The van der Waals surface area contributed by atoms with Crippen LogP contribution in [0.25, 0.3) is 28.1 Å². The highest BCUT2D eigenvalue weighted by Gasteiger charge is 2.47. The van der Waals surface area contributed by atoms with Crippen molar-refractivity contribution >= 4 is 22.6 Å². The number of ether oxygens (including phenoxy) is 3. The average molecular weight is 601 g/mol. The van der Waals surface area contributed by atoms with Crippen molar-refractivity contribution in [1.29, 1.82) is 0 Å². The van der Waals surface area contributed by atoms with Crippen LogP contribution in [-0.2, 0) is 9.47 Å². The number of nitrogens with one attached hydrogen (secondary N) is 1. The van der Waals surface area contributed by atoms with Crippen molar-refractivity contribution < 1.29 is 32.2 Å². The molecule has 1 saturated heterocycles. The first-order chi connectivity index (χ1) is 20.3. The molecule has 0 bridgehead atoms. The molecule has 4 aromatic rings. The summed E-state index contributed by atoms with van der Waals surface area (Å²) in [4.78, 5) is 18.3. The quantitative estimate of drug-likeness (QED) is 0.281. The van der Waals surface area contributed by atoms with Gasteiger partial charge in [0.05, 0.1) is 6.10 Å². The lowest BCUT2D eigenvalue weighted by atomic mass is 10.1. The number of fused-ring (bicyclic) bond motifs is 2. The van der Waals surface area contributed by atoms with E-state index < -0.39 is 30.0 Å². The Morgan fingerprint density at radius 3 is 2.63 bits per heavy atom. The molecule has 230 valence electrons. The van der Waals surface area contributed by atoms with Crippen LogP contribution in [0.3, 0.4) is 0 Å². The van der Waals surface area contributed by atoms with E-state index in [9.17, 15) is 18.0 Å². The smallest absolute Gasteiger partial charge is 0.408 e. The fourth-order valence-corrected chi connectivity index (χ4v) is 5.10. The minimum atomic E-state index is -4.57. The SMILES string of the molecule is CO[C@H](C)COc1cccc2ccc(-c3nnc4ccc([C@@H](N5CC[C@H](NC(=O)OC(C)(C)C)C5)C(F)(F)F)cn34)nc12. The summed E-state index contributed by atoms with van der Waals surface area (Å²) in [6, 6.07) is 9.72. The minimum Gasteiger partial charge on any atom is -0.489 e. The van der Waals surface area contributed by atoms with E-state index in [0.717, 1.165) is 5.39 Å². The molecule has 13 heteroatoms. The molecule has 10 nitrogen and oxygen atoms in total. The van der Waals surface area contributed by atoms with Gasteiger partial charge in [-0.05, 0) is 57.9 Å². The first-order valence-corrected chi connectivity index (χ1v) is 14.0. The van der Waals surface area contributed by atoms with Gasteiger partial charge in [0.1, 0.15) is 35.2 Å². The second-order valence-corrected chi connectivity index (χ2v) is 11.7. The second kappa shape index (κ2) is 12.0. The molecular formula is C30H35F3N6O4. The Morgan fingerprint density at radius 2 is 1.91 bits per heavy atom. The summed E-state index contributed by atoms with van der Waals surface area (Å²) in [6.07, 6.45) is -3.58. The predicted octanol–water partition coefficient (Wildman–Crippen LogP) is 5.56. The van der Waals surface area contributed by atoms with E-state index in [4.69, 9.17) is 19.2 Å². The van der Waals surface area contributed by atoms with Crippen molar-refractivity contribution in [3.63, 3.8) is 0 Å². The molecule has 3 aromatic heterocycles. The molecule has 3 atom stereocenters. The molecule has 1 fully saturated rings. The molecule has 0 radical (unpaired) electrons. The van der Waals surface area contributed by atoms with Crippen LogP contribution < -0.4 is 10.1 Å². The Balaban J connectivity index is 1.44.